The highest BCUT2D eigenvalue weighted by molar-refractivity contribution is 9.10. The van der Waals surface area contributed by atoms with Gasteiger partial charge >= 0.3 is 0 Å². The lowest BCUT2D eigenvalue weighted by Crippen LogP contribution is -2.27. The van der Waals surface area contributed by atoms with Crippen LogP contribution in [-0.2, 0) is 11.4 Å². The number of imide groups is 1. The van der Waals surface area contributed by atoms with Crippen molar-refractivity contribution in [3.8, 4) is 11.5 Å². The minimum atomic E-state index is -0.339. The van der Waals surface area contributed by atoms with Crippen molar-refractivity contribution in [1.29, 1.82) is 0 Å². The van der Waals surface area contributed by atoms with Gasteiger partial charge in [0.15, 0.2) is 11.5 Å². The molecule has 1 fully saturated rings. The van der Waals surface area contributed by atoms with Gasteiger partial charge in [-0.2, -0.15) is 0 Å². The third-order valence-electron chi connectivity index (χ3n) is 4.18. The maximum absolute atomic E-state index is 12.5. The van der Waals surface area contributed by atoms with E-state index in [4.69, 9.17) is 21.1 Å². The lowest BCUT2D eigenvalue weighted by atomic mass is 10.1. The maximum Gasteiger partial charge on any atom is 0.293 e. The molecule has 1 aliphatic rings. The quantitative estimate of drug-likeness (QED) is 0.309. The predicted octanol–water partition coefficient (Wildman–Crippen LogP) is 6.30. The van der Waals surface area contributed by atoms with Crippen molar-refractivity contribution in [2.75, 3.05) is 13.2 Å². The fourth-order valence-electron chi connectivity index (χ4n) is 2.74. The van der Waals surface area contributed by atoms with Gasteiger partial charge in [0.2, 0.25) is 0 Å². The summed E-state index contributed by atoms with van der Waals surface area (Å²) in [5.74, 6) is 0.735. The molecule has 2 aromatic carbocycles. The number of ether oxygens (including phenoxy) is 2. The Morgan fingerprint density at radius 1 is 1.20 bits per heavy atom. The molecule has 0 radical (unpaired) electrons. The maximum atomic E-state index is 12.5. The van der Waals surface area contributed by atoms with Gasteiger partial charge in [-0.1, -0.05) is 51.8 Å². The molecule has 1 aliphatic heterocycles. The molecule has 0 bridgehead atoms. The van der Waals surface area contributed by atoms with E-state index < -0.39 is 0 Å². The van der Waals surface area contributed by atoms with Crippen LogP contribution in [0.3, 0.4) is 0 Å². The van der Waals surface area contributed by atoms with Gasteiger partial charge in [0, 0.05) is 21.6 Å². The minimum Gasteiger partial charge on any atom is -0.490 e. The van der Waals surface area contributed by atoms with Gasteiger partial charge in [0.25, 0.3) is 11.1 Å². The van der Waals surface area contributed by atoms with Crippen LogP contribution in [-0.4, -0.2) is 29.2 Å². The second-order valence-electron chi connectivity index (χ2n) is 6.21. The molecule has 0 N–H and O–H groups in total. The Morgan fingerprint density at radius 3 is 2.63 bits per heavy atom. The molecule has 1 saturated heterocycles. The highest BCUT2D eigenvalue weighted by Crippen LogP contribution is 2.38. The number of rotatable bonds is 8. The summed E-state index contributed by atoms with van der Waals surface area (Å²) < 4.78 is 12.4. The van der Waals surface area contributed by atoms with E-state index in [0.717, 1.165) is 22.2 Å². The van der Waals surface area contributed by atoms with E-state index in [0.29, 0.717) is 38.1 Å². The van der Waals surface area contributed by atoms with Gasteiger partial charge < -0.3 is 9.47 Å². The molecule has 0 aliphatic carbocycles. The summed E-state index contributed by atoms with van der Waals surface area (Å²) in [6, 6.07) is 11.0. The minimum absolute atomic E-state index is 0.183. The lowest BCUT2D eigenvalue weighted by Gasteiger charge is -2.15. The Kier molecular flexibility index (Phi) is 7.64. The monoisotopic (exact) mass is 507 g/mol. The number of halogens is 2. The van der Waals surface area contributed by atoms with Gasteiger partial charge in [0.1, 0.15) is 6.61 Å². The smallest absolute Gasteiger partial charge is 0.293 e. The first-order valence-electron chi connectivity index (χ1n) is 9.13. The molecule has 30 heavy (non-hydrogen) atoms. The zero-order valence-electron chi connectivity index (χ0n) is 16.2. The summed E-state index contributed by atoms with van der Waals surface area (Å²) in [5, 5.41) is 0.313. The number of amides is 2. The second kappa shape index (κ2) is 10.2. The Morgan fingerprint density at radius 2 is 1.93 bits per heavy atom. The molecule has 1 heterocycles. The second-order valence-corrected chi connectivity index (χ2v) is 8.47. The number of hydrogen-bond acceptors (Lipinski definition) is 5. The van der Waals surface area contributed by atoms with Crippen molar-refractivity contribution in [2.45, 2.75) is 13.5 Å². The van der Waals surface area contributed by atoms with E-state index in [1.54, 1.807) is 18.2 Å². The van der Waals surface area contributed by atoms with E-state index in [1.165, 1.54) is 6.08 Å². The average molecular weight is 509 g/mol. The molecule has 0 spiro atoms. The molecule has 2 aromatic rings. The van der Waals surface area contributed by atoms with Crippen LogP contribution in [0.1, 0.15) is 18.1 Å². The SMILES string of the molecule is C=CCN1C(=O)S/C(=C/c2cc(OCC)c(OCc3ccccc3Cl)cc2Br)C1=O. The number of benzene rings is 2. The molecule has 0 saturated carbocycles. The van der Waals surface area contributed by atoms with Crippen molar-refractivity contribution in [3.63, 3.8) is 0 Å². The summed E-state index contributed by atoms with van der Waals surface area (Å²) in [4.78, 5) is 26.0. The van der Waals surface area contributed by atoms with Gasteiger partial charge in [-0.3, -0.25) is 14.5 Å². The largest absolute Gasteiger partial charge is 0.490 e. The number of carbonyl (C=O) groups is 2. The van der Waals surface area contributed by atoms with E-state index in [-0.39, 0.29) is 24.3 Å². The zero-order chi connectivity index (χ0) is 21.7. The molecule has 0 aromatic heterocycles. The summed E-state index contributed by atoms with van der Waals surface area (Å²) in [5.41, 5.74) is 1.56. The van der Waals surface area contributed by atoms with Crippen LogP contribution in [0.4, 0.5) is 4.79 Å². The van der Waals surface area contributed by atoms with E-state index in [1.807, 2.05) is 31.2 Å². The van der Waals surface area contributed by atoms with Crippen molar-refractivity contribution in [2.24, 2.45) is 0 Å². The lowest BCUT2D eigenvalue weighted by molar-refractivity contribution is -0.122. The van der Waals surface area contributed by atoms with Crippen LogP contribution < -0.4 is 9.47 Å². The Hall–Kier alpha value is -2.22. The first-order chi connectivity index (χ1) is 14.4. The van der Waals surface area contributed by atoms with Crippen molar-refractivity contribution >= 4 is 56.5 Å². The third kappa shape index (κ3) is 5.09. The predicted molar refractivity (Wildman–Crippen MR) is 124 cm³/mol. The Bertz CT molecular complexity index is 1020. The van der Waals surface area contributed by atoms with Gasteiger partial charge in [-0.15, -0.1) is 6.58 Å². The highest BCUT2D eigenvalue weighted by atomic mass is 79.9. The molecule has 0 atom stereocenters. The van der Waals surface area contributed by atoms with E-state index >= 15 is 0 Å². The zero-order valence-corrected chi connectivity index (χ0v) is 19.4. The van der Waals surface area contributed by atoms with Crippen LogP contribution >= 0.6 is 39.3 Å². The van der Waals surface area contributed by atoms with E-state index in [2.05, 4.69) is 22.5 Å². The number of hydrogen-bond donors (Lipinski definition) is 0. The number of carbonyl (C=O) groups excluding carboxylic acids is 2. The van der Waals surface area contributed by atoms with Gasteiger partial charge in [0.05, 0.1) is 11.5 Å². The van der Waals surface area contributed by atoms with Crippen molar-refractivity contribution < 1.29 is 19.1 Å². The van der Waals surface area contributed by atoms with Crippen LogP contribution in [0.15, 0.2) is 58.4 Å². The summed E-state index contributed by atoms with van der Waals surface area (Å²) in [6.45, 7) is 6.37. The molecule has 156 valence electrons. The third-order valence-corrected chi connectivity index (χ3v) is 6.14. The van der Waals surface area contributed by atoms with Crippen LogP contribution in [0.5, 0.6) is 11.5 Å². The standard InChI is InChI=1S/C22H19BrClNO4S/c1-3-9-25-21(26)20(30-22(25)27)11-15-10-18(28-4-2)19(12-16(15)23)29-13-14-7-5-6-8-17(14)24/h3,5-8,10-12H,1,4,9,13H2,2H3/b20-11+. The molecular formula is C22H19BrClNO4S. The molecular weight excluding hydrogens is 490 g/mol. The van der Waals surface area contributed by atoms with Crippen LogP contribution in [0.2, 0.25) is 5.02 Å². The Labute approximate surface area is 192 Å². The highest BCUT2D eigenvalue weighted by Gasteiger charge is 2.34. The number of nitrogens with zero attached hydrogens (tertiary/aromatic N) is 1. The summed E-state index contributed by atoms with van der Waals surface area (Å²) in [7, 11) is 0. The van der Waals surface area contributed by atoms with E-state index in [9.17, 15) is 9.59 Å². The van der Waals surface area contributed by atoms with Crippen LogP contribution in [0, 0.1) is 0 Å². The fraction of sp³-hybridized carbons (Fsp3) is 0.182. The summed E-state index contributed by atoms with van der Waals surface area (Å²) >= 11 is 10.6. The molecule has 0 unspecified atom stereocenters. The fourth-order valence-corrected chi connectivity index (χ4v) is 4.21. The Balaban J connectivity index is 1.88. The summed E-state index contributed by atoms with van der Waals surface area (Å²) in [6.07, 6.45) is 3.19. The topological polar surface area (TPSA) is 55.8 Å². The van der Waals surface area contributed by atoms with Crippen molar-refractivity contribution in [1.82, 2.24) is 4.90 Å². The van der Waals surface area contributed by atoms with Gasteiger partial charge in [-0.25, -0.2) is 0 Å². The van der Waals surface area contributed by atoms with Crippen molar-refractivity contribution in [3.05, 3.63) is 74.6 Å². The first kappa shape index (κ1) is 22.5. The van der Waals surface area contributed by atoms with Crippen LogP contribution in [0.25, 0.3) is 6.08 Å². The molecule has 2 amide bonds. The first-order valence-corrected chi connectivity index (χ1v) is 11.1. The normalized spacial score (nSPS) is 15.0. The molecule has 3 rings (SSSR count). The number of thioether (sulfide) groups is 1. The molecule has 8 heteroatoms. The molecule has 5 nitrogen and oxygen atoms in total. The average Bonchev–Trinajstić information content (AvgIpc) is 2.98. The van der Waals surface area contributed by atoms with Gasteiger partial charge in [-0.05, 0) is 48.5 Å².